The van der Waals surface area contributed by atoms with Gasteiger partial charge in [0.05, 0.1) is 12.7 Å². The zero-order valence-electron chi connectivity index (χ0n) is 11.4. The highest BCUT2D eigenvalue weighted by Gasteiger charge is 2.46. The van der Waals surface area contributed by atoms with Gasteiger partial charge in [-0.15, -0.1) is 0 Å². The van der Waals surface area contributed by atoms with Gasteiger partial charge in [0.25, 0.3) is 5.91 Å². The first-order chi connectivity index (χ1) is 9.41. The van der Waals surface area contributed by atoms with E-state index in [2.05, 4.69) is 0 Å². The van der Waals surface area contributed by atoms with Gasteiger partial charge in [-0.05, 0) is 31.9 Å². The Morgan fingerprint density at radius 3 is 2.75 bits per heavy atom. The lowest BCUT2D eigenvalue weighted by Gasteiger charge is -2.31. The summed E-state index contributed by atoms with van der Waals surface area (Å²) in [6.07, 6.45) is 0.944. The number of hydrogen-bond acceptors (Lipinski definition) is 3. The molecule has 1 aromatic carbocycles. The van der Waals surface area contributed by atoms with Crippen LogP contribution in [0.5, 0.6) is 5.75 Å². The molecule has 1 fully saturated rings. The number of rotatable bonds is 3. The van der Waals surface area contributed by atoms with Crippen LogP contribution in [0.1, 0.15) is 30.1 Å². The van der Waals surface area contributed by atoms with Gasteiger partial charge in [0.15, 0.2) is 11.6 Å². The Morgan fingerprint density at radius 1 is 1.45 bits per heavy atom. The minimum absolute atomic E-state index is 0.0351. The molecule has 0 aromatic heterocycles. The topological polar surface area (TPSA) is 66.8 Å². The van der Waals surface area contributed by atoms with Crippen LogP contribution < -0.4 is 4.74 Å². The van der Waals surface area contributed by atoms with Crippen LogP contribution in [0, 0.1) is 5.82 Å². The van der Waals surface area contributed by atoms with Gasteiger partial charge in [-0.1, -0.05) is 6.07 Å². The van der Waals surface area contributed by atoms with E-state index >= 15 is 0 Å². The van der Waals surface area contributed by atoms with Crippen LogP contribution in [0.2, 0.25) is 0 Å². The van der Waals surface area contributed by atoms with Gasteiger partial charge in [-0.25, -0.2) is 9.18 Å². The molecule has 1 aliphatic rings. The molecule has 20 heavy (non-hydrogen) atoms. The molecule has 1 aromatic rings. The minimum atomic E-state index is -1.29. The number of hydrogen-bond donors (Lipinski definition) is 1. The SMILES string of the molecule is COc1cccc(C(=O)N2CCCC2(C)C(=O)O)c1F. The van der Waals surface area contributed by atoms with E-state index < -0.39 is 23.2 Å². The fourth-order valence-corrected chi connectivity index (χ4v) is 2.49. The molecule has 1 amide bonds. The van der Waals surface area contributed by atoms with Gasteiger partial charge in [0.1, 0.15) is 5.54 Å². The van der Waals surface area contributed by atoms with E-state index in [0.29, 0.717) is 19.4 Å². The zero-order chi connectivity index (χ0) is 14.9. The summed E-state index contributed by atoms with van der Waals surface area (Å²) in [5.41, 5.74) is -1.45. The summed E-state index contributed by atoms with van der Waals surface area (Å²) >= 11 is 0. The predicted molar refractivity (Wildman–Crippen MR) is 69.3 cm³/mol. The maximum absolute atomic E-state index is 14.1. The normalized spacial score (nSPS) is 21.9. The van der Waals surface area contributed by atoms with Crippen LogP contribution >= 0.6 is 0 Å². The predicted octanol–water partition coefficient (Wildman–Crippen LogP) is 1.91. The zero-order valence-corrected chi connectivity index (χ0v) is 11.4. The lowest BCUT2D eigenvalue weighted by Crippen LogP contribution is -2.50. The van der Waals surface area contributed by atoms with E-state index in [9.17, 15) is 19.1 Å². The van der Waals surface area contributed by atoms with Crippen molar-refractivity contribution < 1.29 is 23.8 Å². The lowest BCUT2D eigenvalue weighted by atomic mass is 9.98. The number of nitrogens with zero attached hydrogens (tertiary/aromatic N) is 1. The molecule has 0 saturated carbocycles. The monoisotopic (exact) mass is 281 g/mol. The summed E-state index contributed by atoms with van der Waals surface area (Å²) in [5.74, 6) is -2.50. The van der Waals surface area contributed by atoms with E-state index in [0.717, 1.165) is 0 Å². The van der Waals surface area contributed by atoms with Gasteiger partial charge >= 0.3 is 5.97 Å². The molecule has 1 heterocycles. The van der Waals surface area contributed by atoms with Crippen LogP contribution in [0.3, 0.4) is 0 Å². The number of amides is 1. The molecule has 0 spiro atoms. The lowest BCUT2D eigenvalue weighted by molar-refractivity contribution is -0.147. The second-order valence-electron chi connectivity index (χ2n) is 4.96. The molecular formula is C14H16FNO4. The van der Waals surface area contributed by atoms with Crippen LogP contribution in [0.25, 0.3) is 0 Å². The molecule has 1 unspecified atom stereocenters. The molecule has 1 saturated heterocycles. The van der Waals surface area contributed by atoms with Crippen molar-refractivity contribution in [3.8, 4) is 5.75 Å². The Bertz CT molecular complexity index is 560. The third-order valence-corrected chi connectivity index (χ3v) is 3.76. The highest BCUT2D eigenvalue weighted by Crippen LogP contribution is 2.32. The number of likely N-dealkylation sites (tertiary alicyclic amines) is 1. The van der Waals surface area contributed by atoms with E-state index in [-0.39, 0.29) is 11.3 Å². The number of carbonyl (C=O) groups excluding carboxylic acids is 1. The molecule has 5 nitrogen and oxygen atoms in total. The molecular weight excluding hydrogens is 265 g/mol. The van der Waals surface area contributed by atoms with E-state index in [1.54, 1.807) is 0 Å². The van der Waals surface area contributed by atoms with Crippen LogP contribution in [0.15, 0.2) is 18.2 Å². The number of carboxylic acids is 1. The van der Waals surface area contributed by atoms with Gasteiger partial charge in [-0.3, -0.25) is 4.79 Å². The quantitative estimate of drug-likeness (QED) is 0.919. The van der Waals surface area contributed by atoms with Crippen molar-refractivity contribution in [1.29, 1.82) is 0 Å². The number of carboxylic acid groups (broad SMARTS) is 1. The molecule has 0 bridgehead atoms. The highest BCUT2D eigenvalue weighted by molar-refractivity contribution is 5.98. The summed E-state index contributed by atoms with van der Waals surface area (Å²) in [4.78, 5) is 25.0. The van der Waals surface area contributed by atoms with E-state index in [1.807, 2.05) is 0 Å². The summed E-state index contributed by atoms with van der Waals surface area (Å²) in [6.45, 7) is 1.79. The van der Waals surface area contributed by atoms with Crippen molar-refractivity contribution in [1.82, 2.24) is 4.90 Å². The van der Waals surface area contributed by atoms with Gasteiger partial charge < -0.3 is 14.7 Å². The highest BCUT2D eigenvalue weighted by atomic mass is 19.1. The molecule has 1 atom stereocenters. The summed E-state index contributed by atoms with van der Waals surface area (Å²) in [5, 5.41) is 9.30. The first-order valence-corrected chi connectivity index (χ1v) is 6.29. The summed E-state index contributed by atoms with van der Waals surface area (Å²) < 4.78 is 18.9. The number of aliphatic carboxylic acids is 1. The van der Waals surface area contributed by atoms with Crippen LogP contribution in [-0.2, 0) is 4.79 Å². The largest absolute Gasteiger partial charge is 0.494 e. The van der Waals surface area contributed by atoms with Crippen molar-refractivity contribution in [2.45, 2.75) is 25.3 Å². The van der Waals surface area contributed by atoms with Gasteiger partial charge in [0, 0.05) is 6.54 Å². The van der Waals surface area contributed by atoms with Crippen molar-refractivity contribution >= 4 is 11.9 Å². The maximum Gasteiger partial charge on any atom is 0.329 e. The molecule has 0 radical (unpaired) electrons. The fourth-order valence-electron chi connectivity index (χ4n) is 2.49. The molecule has 6 heteroatoms. The minimum Gasteiger partial charge on any atom is -0.494 e. The molecule has 1 aliphatic heterocycles. The standard InChI is InChI=1S/C14H16FNO4/c1-14(13(18)19)7-4-8-16(14)12(17)9-5-3-6-10(20-2)11(9)15/h3,5-6H,4,7-8H2,1-2H3,(H,18,19). The summed E-state index contributed by atoms with van der Waals surface area (Å²) in [7, 11) is 1.31. The number of methoxy groups -OCH3 is 1. The van der Waals surface area contributed by atoms with Crippen LogP contribution in [-0.4, -0.2) is 41.1 Å². The Morgan fingerprint density at radius 2 is 2.15 bits per heavy atom. The van der Waals surface area contributed by atoms with Crippen molar-refractivity contribution in [3.05, 3.63) is 29.6 Å². The molecule has 0 aliphatic carbocycles. The third kappa shape index (κ3) is 2.11. The van der Waals surface area contributed by atoms with Crippen LogP contribution in [0.4, 0.5) is 4.39 Å². The van der Waals surface area contributed by atoms with E-state index in [1.165, 1.54) is 37.1 Å². The molecule has 2 rings (SSSR count). The average molecular weight is 281 g/mol. The van der Waals surface area contributed by atoms with Crippen molar-refractivity contribution in [3.63, 3.8) is 0 Å². The Balaban J connectivity index is 2.39. The molecule has 1 N–H and O–H groups in total. The Kier molecular flexibility index (Phi) is 3.65. The Hall–Kier alpha value is -2.11. The second-order valence-corrected chi connectivity index (χ2v) is 4.96. The van der Waals surface area contributed by atoms with Gasteiger partial charge in [-0.2, -0.15) is 0 Å². The second kappa shape index (κ2) is 5.11. The first kappa shape index (κ1) is 14.3. The summed E-state index contributed by atoms with van der Waals surface area (Å²) in [6, 6.07) is 4.25. The smallest absolute Gasteiger partial charge is 0.329 e. The number of halogens is 1. The Labute approximate surface area is 116 Å². The van der Waals surface area contributed by atoms with Crippen molar-refractivity contribution in [2.75, 3.05) is 13.7 Å². The number of benzene rings is 1. The van der Waals surface area contributed by atoms with E-state index in [4.69, 9.17) is 4.74 Å². The molecule has 108 valence electrons. The maximum atomic E-state index is 14.1. The number of carbonyl (C=O) groups is 2. The third-order valence-electron chi connectivity index (χ3n) is 3.76. The van der Waals surface area contributed by atoms with Crippen molar-refractivity contribution in [2.24, 2.45) is 0 Å². The fraction of sp³-hybridized carbons (Fsp3) is 0.429. The average Bonchev–Trinajstić information content (AvgIpc) is 2.82. The van der Waals surface area contributed by atoms with Gasteiger partial charge in [0.2, 0.25) is 0 Å². The first-order valence-electron chi connectivity index (χ1n) is 6.29. The number of ether oxygens (including phenoxy) is 1.